The fourth-order valence-electron chi connectivity index (χ4n) is 3.75. The van der Waals surface area contributed by atoms with E-state index in [0.29, 0.717) is 16.4 Å². The van der Waals surface area contributed by atoms with Crippen LogP contribution in [0.3, 0.4) is 0 Å². The van der Waals surface area contributed by atoms with Crippen molar-refractivity contribution in [1.29, 1.82) is 0 Å². The number of anilines is 1. The highest BCUT2D eigenvalue weighted by Crippen LogP contribution is 2.38. The summed E-state index contributed by atoms with van der Waals surface area (Å²) in [7, 11) is 0. The summed E-state index contributed by atoms with van der Waals surface area (Å²) >= 11 is 3.17. The molecule has 0 saturated heterocycles. The first kappa shape index (κ1) is 20.8. The first-order valence-electron chi connectivity index (χ1n) is 10.2. The number of aryl methyl sites for hydroxylation is 1. The number of nitrogens with zero attached hydrogens (tertiary/aromatic N) is 3. The van der Waals surface area contributed by atoms with Crippen LogP contribution in [0.4, 0.5) is 5.69 Å². The molecule has 2 aromatic heterocycles. The smallest absolute Gasteiger partial charge is 0.291 e. The standard InChI is InChI=1S/C22H24N4O2S2/c1-4-5-8-13-29-22-23-20(28)19-16-9-6-7-10-17(16)25(15(3)27)21(26(19)24-22)18-12-11-14(2)30-18/h6-7,9-12,21H,4-5,8,13H2,1-3H3/p+1/t21-/m1/s1. The van der Waals surface area contributed by atoms with Gasteiger partial charge in [0.25, 0.3) is 0 Å². The van der Waals surface area contributed by atoms with Gasteiger partial charge in [0.1, 0.15) is 0 Å². The molecule has 0 fully saturated rings. The third kappa shape index (κ3) is 3.81. The molecular weight excluding hydrogens is 416 g/mol. The van der Waals surface area contributed by atoms with Gasteiger partial charge in [-0.1, -0.05) is 43.7 Å². The molecule has 1 N–H and O–H groups in total. The Balaban J connectivity index is 1.90. The van der Waals surface area contributed by atoms with E-state index in [1.54, 1.807) is 39.6 Å². The number of carbonyl (C=O) groups is 1. The number of carbonyl (C=O) groups excluding carboxylic acids is 1. The number of nitrogens with one attached hydrogen (secondary N) is 1. The van der Waals surface area contributed by atoms with Crippen molar-refractivity contribution >= 4 is 34.7 Å². The van der Waals surface area contributed by atoms with Gasteiger partial charge in [0, 0.05) is 22.7 Å². The van der Waals surface area contributed by atoms with Crippen LogP contribution in [-0.2, 0) is 4.79 Å². The first-order chi connectivity index (χ1) is 14.5. The zero-order chi connectivity index (χ0) is 21.3. The van der Waals surface area contributed by atoms with E-state index >= 15 is 0 Å². The number of aromatic amines is 1. The first-order valence-corrected chi connectivity index (χ1v) is 12.0. The van der Waals surface area contributed by atoms with Crippen molar-refractivity contribution < 1.29 is 9.48 Å². The molecule has 1 aliphatic heterocycles. The number of H-pyrrole nitrogens is 1. The van der Waals surface area contributed by atoms with Crippen LogP contribution in [0.5, 0.6) is 0 Å². The second kappa shape index (κ2) is 8.73. The van der Waals surface area contributed by atoms with Gasteiger partial charge < -0.3 is 0 Å². The number of amides is 1. The summed E-state index contributed by atoms with van der Waals surface area (Å²) < 4.78 is 1.73. The molecule has 0 radical (unpaired) electrons. The molecule has 0 saturated carbocycles. The van der Waals surface area contributed by atoms with Crippen molar-refractivity contribution in [3.05, 3.63) is 56.5 Å². The average Bonchev–Trinajstić information content (AvgIpc) is 3.15. The van der Waals surface area contributed by atoms with Crippen molar-refractivity contribution in [2.45, 2.75) is 51.4 Å². The summed E-state index contributed by atoms with van der Waals surface area (Å²) in [6, 6.07) is 11.6. The number of fused-ring (bicyclic) bond motifs is 3. The molecule has 3 aromatic rings. The number of unbranched alkanes of at least 4 members (excludes halogenated alkanes) is 2. The molecular formula is C22H25N4O2S2+. The third-order valence-electron chi connectivity index (χ3n) is 5.10. The van der Waals surface area contributed by atoms with Crippen LogP contribution in [0, 0.1) is 6.92 Å². The van der Waals surface area contributed by atoms with Crippen LogP contribution in [0.1, 0.15) is 49.0 Å². The lowest BCUT2D eigenvalue weighted by molar-refractivity contribution is -0.762. The van der Waals surface area contributed by atoms with E-state index in [2.05, 4.69) is 11.9 Å². The number of thioether (sulfide) groups is 1. The van der Waals surface area contributed by atoms with E-state index in [1.807, 2.05) is 43.3 Å². The lowest BCUT2D eigenvalue weighted by Crippen LogP contribution is -2.60. The summed E-state index contributed by atoms with van der Waals surface area (Å²) in [5.74, 6) is 0.808. The Morgan fingerprint density at radius 2 is 2.07 bits per heavy atom. The lowest BCUT2D eigenvalue weighted by atomic mass is 10.0. The highest BCUT2D eigenvalue weighted by Gasteiger charge is 2.45. The van der Waals surface area contributed by atoms with E-state index in [1.165, 1.54) is 0 Å². The molecule has 8 heteroatoms. The van der Waals surface area contributed by atoms with Crippen molar-refractivity contribution in [2.75, 3.05) is 10.7 Å². The summed E-state index contributed by atoms with van der Waals surface area (Å²) in [6.07, 6.45) is 2.89. The molecule has 1 amide bonds. The number of rotatable bonds is 6. The van der Waals surface area contributed by atoms with Gasteiger partial charge in [0.2, 0.25) is 11.1 Å². The monoisotopic (exact) mass is 441 g/mol. The molecule has 0 aliphatic carbocycles. The Labute approximate surface area is 184 Å². The van der Waals surface area contributed by atoms with Crippen LogP contribution >= 0.6 is 23.1 Å². The highest BCUT2D eigenvalue weighted by molar-refractivity contribution is 7.99. The van der Waals surface area contributed by atoms with Gasteiger partial charge in [-0.25, -0.2) is 4.90 Å². The fraction of sp³-hybridized carbons (Fsp3) is 0.364. The van der Waals surface area contributed by atoms with Crippen LogP contribution in [0.2, 0.25) is 0 Å². The maximum Gasteiger partial charge on any atom is 0.325 e. The number of benzene rings is 1. The predicted octanol–water partition coefficient (Wildman–Crippen LogP) is 4.29. The molecule has 30 heavy (non-hydrogen) atoms. The largest absolute Gasteiger partial charge is 0.325 e. The SMILES string of the molecule is CCCCCSc1n[n+]2c(c(=O)[nH]1)-c1ccccc1N(C(C)=O)[C@H]2c1ccc(C)s1. The number of para-hydroxylation sites is 1. The minimum Gasteiger partial charge on any atom is -0.291 e. The number of aromatic nitrogens is 3. The van der Waals surface area contributed by atoms with Gasteiger partial charge in [0.05, 0.1) is 16.1 Å². The molecule has 1 aromatic carbocycles. The van der Waals surface area contributed by atoms with E-state index in [-0.39, 0.29) is 11.5 Å². The van der Waals surface area contributed by atoms with E-state index in [0.717, 1.165) is 40.5 Å². The zero-order valence-electron chi connectivity index (χ0n) is 17.3. The second-order valence-corrected chi connectivity index (χ2v) is 9.74. The maximum absolute atomic E-state index is 13.2. The second-order valence-electron chi connectivity index (χ2n) is 7.34. The van der Waals surface area contributed by atoms with Gasteiger partial charge in [-0.05, 0) is 42.3 Å². The number of thiophene rings is 1. The molecule has 0 spiro atoms. The van der Waals surface area contributed by atoms with Crippen molar-refractivity contribution in [3.8, 4) is 11.3 Å². The van der Waals surface area contributed by atoms with E-state index in [9.17, 15) is 9.59 Å². The van der Waals surface area contributed by atoms with Crippen LogP contribution < -0.4 is 15.1 Å². The van der Waals surface area contributed by atoms with Gasteiger partial charge in [-0.3, -0.25) is 14.6 Å². The lowest BCUT2D eigenvalue weighted by Gasteiger charge is -2.30. The van der Waals surface area contributed by atoms with Crippen molar-refractivity contribution in [1.82, 2.24) is 10.1 Å². The molecule has 4 rings (SSSR count). The minimum absolute atomic E-state index is 0.0871. The quantitative estimate of drug-likeness (QED) is 0.352. The predicted molar refractivity (Wildman–Crippen MR) is 121 cm³/mol. The van der Waals surface area contributed by atoms with Crippen LogP contribution in [0.15, 0.2) is 46.3 Å². The molecule has 156 valence electrons. The number of hydrogen-bond donors (Lipinski definition) is 1. The van der Waals surface area contributed by atoms with E-state index in [4.69, 9.17) is 5.10 Å². The normalized spacial score (nSPS) is 15.0. The molecule has 1 atom stereocenters. The Hall–Kier alpha value is -2.45. The van der Waals surface area contributed by atoms with Crippen LogP contribution in [0.25, 0.3) is 11.3 Å². The van der Waals surface area contributed by atoms with Gasteiger partial charge in [0.15, 0.2) is 0 Å². The molecule has 3 heterocycles. The van der Waals surface area contributed by atoms with Crippen LogP contribution in [-0.4, -0.2) is 21.7 Å². The number of hydrogen-bond acceptors (Lipinski definition) is 5. The van der Waals surface area contributed by atoms with Gasteiger partial charge >= 0.3 is 17.4 Å². The highest BCUT2D eigenvalue weighted by atomic mass is 32.2. The van der Waals surface area contributed by atoms with Crippen molar-refractivity contribution in [2.24, 2.45) is 0 Å². The van der Waals surface area contributed by atoms with Crippen molar-refractivity contribution in [3.63, 3.8) is 0 Å². The topological polar surface area (TPSA) is 69.9 Å². The Bertz CT molecular complexity index is 1140. The molecule has 1 aliphatic rings. The maximum atomic E-state index is 13.2. The summed E-state index contributed by atoms with van der Waals surface area (Å²) in [6.45, 7) is 5.76. The van der Waals surface area contributed by atoms with Gasteiger partial charge in [-0.15, -0.1) is 11.3 Å². The Morgan fingerprint density at radius 1 is 1.27 bits per heavy atom. The summed E-state index contributed by atoms with van der Waals surface area (Å²) in [4.78, 5) is 32.8. The summed E-state index contributed by atoms with van der Waals surface area (Å²) in [5, 5.41) is 5.39. The zero-order valence-corrected chi connectivity index (χ0v) is 19.0. The summed E-state index contributed by atoms with van der Waals surface area (Å²) in [5.41, 5.74) is 1.75. The molecule has 0 unspecified atom stereocenters. The van der Waals surface area contributed by atoms with Gasteiger partial charge in [-0.2, -0.15) is 0 Å². The molecule has 6 nitrogen and oxygen atoms in total. The average molecular weight is 442 g/mol. The molecule has 0 bridgehead atoms. The third-order valence-corrected chi connectivity index (χ3v) is 7.09. The Morgan fingerprint density at radius 3 is 2.77 bits per heavy atom. The minimum atomic E-state index is -0.483. The fourth-order valence-corrected chi connectivity index (χ4v) is 5.56. The Kier molecular flexibility index (Phi) is 6.06. The van der Waals surface area contributed by atoms with E-state index < -0.39 is 6.17 Å².